The summed E-state index contributed by atoms with van der Waals surface area (Å²) in [5.41, 5.74) is 2.16. The molecule has 0 bridgehead atoms. The number of nitrogens with one attached hydrogen (secondary N) is 2. The highest BCUT2D eigenvalue weighted by Crippen LogP contribution is 2.33. The van der Waals surface area contributed by atoms with E-state index in [2.05, 4.69) is 10.0 Å². The minimum Gasteiger partial charge on any atom is -0.495 e. The fourth-order valence-electron chi connectivity index (χ4n) is 3.53. The summed E-state index contributed by atoms with van der Waals surface area (Å²) >= 11 is 1.54. The molecule has 0 saturated carbocycles. The minimum atomic E-state index is -4.01. The molecule has 0 unspecified atom stereocenters. The van der Waals surface area contributed by atoms with Crippen LogP contribution >= 0.6 is 11.3 Å². The van der Waals surface area contributed by atoms with Crippen molar-refractivity contribution in [3.63, 3.8) is 0 Å². The molecule has 0 aliphatic carbocycles. The summed E-state index contributed by atoms with van der Waals surface area (Å²) in [6, 6.07) is 13.6. The molecule has 3 aromatic rings. The van der Waals surface area contributed by atoms with E-state index >= 15 is 0 Å². The van der Waals surface area contributed by atoms with E-state index in [1.807, 2.05) is 21.7 Å². The van der Waals surface area contributed by atoms with Gasteiger partial charge in [0.25, 0.3) is 10.0 Å². The summed E-state index contributed by atoms with van der Waals surface area (Å²) in [4.78, 5) is 14.4. The summed E-state index contributed by atoms with van der Waals surface area (Å²) in [6.07, 6.45) is 3.12. The zero-order valence-electron chi connectivity index (χ0n) is 18.6. The average molecular weight is 500 g/mol. The van der Waals surface area contributed by atoms with E-state index < -0.39 is 10.0 Å². The van der Waals surface area contributed by atoms with Gasteiger partial charge >= 0.3 is 0 Å². The number of benzene rings is 2. The van der Waals surface area contributed by atoms with Crippen molar-refractivity contribution in [3.05, 3.63) is 70.9 Å². The lowest BCUT2D eigenvalue weighted by Gasteiger charge is -2.30. The van der Waals surface area contributed by atoms with Crippen molar-refractivity contribution < 1.29 is 22.7 Å². The first-order chi connectivity index (χ1) is 16.5. The SMILES string of the molecule is COc1ccccc1NS(=O)(=O)c1cc(NC(=O)/C=C/c2ccsc2)ccc1N1CCOCC1. The molecule has 1 amide bonds. The van der Waals surface area contributed by atoms with E-state index in [0.717, 1.165) is 5.56 Å². The molecule has 34 heavy (non-hydrogen) atoms. The predicted octanol–water partition coefficient (Wildman–Crippen LogP) is 4.05. The van der Waals surface area contributed by atoms with Gasteiger partial charge in [0.15, 0.2) is 0 Å². The summed E-state index contributed by atoms with van der Waals surface area (Å²) in [7, 11) is -2.53. The van der Waals surface area contributed by atoms with E-state index in [4.69, 9.17) is 9.47 Å². The van der Waals surface area contributed by atoms with Crippen molar-refractivity contribution in [1.82, 2.24) is 0 Å². The number of rotatable bonds is 8. The highest BCUT2D eigenvalue weighted by molar-refractivity contribution is 7.93. The number of carbonyl (C=O) groups is 1. The smallest absolute Gasteiger partial charge is 0.264 e. The minimum absolute atomic E-state index is 0.0555. The number of para-hydroxylation sites is 2. The third kappa shape index (κ3) is 5.77. The Morgan fingerprint density at radius 1 is 1.15 bits per heavy atom. The maximum atomic E-state index is 13.5. The first-order valence-electron chi connectivity index (χ1n) is 10.6. The maximum absolute atomic E-state index is 13.5. The second-order valence-corrected chi connectivity index (χ2v) is 9.90. The van der Waals surface area contributed by atoms with Crippen LogP contribution in [-0.2, 0) is 19.6 Å². The summed E-state index contributed by atoms with van der Waals surface area (Å²) in [6.45, 7) is 2.13. The van der Waals surface area contributed by atoms with Crippen molar-refractivity contribution in [2.75, 3.05) is 48.4 Å². The van der Waals surface area contributed by atoms with Gasteiger partial charge in [-0.3, -0.25) is 9.52 Å². The lowest BCUT2D eigenvalue weighted by molar-refractivity contribution is -0.111. The van der Waals surface area contributed by atoms with Crippen LogP contribution in [0.3, 0.4) is 0 Å². The van der Waals surface area contributed by atoms with Gasteiger partial charge in [0.05, 0.1) is 31.7 Å². The van der Waals surface area contributed by atoms with Crippen molar-refractivity contribution >= 4 is 50.4 Å². The Bertz CT molecular complexity index is 1270. The van der Waals surface area contributed by atoms with Gasteiger partial charge < -0.3 is 19.7 Å². The molecule has 178 valence electrons. The Balaban J connectivity index is 1.65. The zero-order valence-corrected chi connectivity index (χ0v) is 20.2. The van der Waals surface area contributed by atoms with E-state index in [0.29, 0.717) is 49.1 Å². The Morgan fingerprint density at radius 3 is 2.68 bits per heavy atom. The number of morpholine rings is 1. The van der Waals surface area contributed by atoms with Gasteiger partial charge in [-0.05, 0) is 58.8 Å². The van der Waals surface area contributed by atoms with E-state index in [9.17, 15) is 13.2 Å². The number of sulfonamides is 1. The second kappa shape index (κ2) is 10.7. The molecule has 4 rings (SSSR count). The summed E-state index contributed by atoms with van der Waals surface area (Å²) < 4.78 is 40.3. The monoisotopic (exact) mass is 499 g/mol. The Labute approximate surface area is 202 Å². The van der Waals surface area contributed by atoms with Gasteiger partial charge in [0.1, 0.15) is 10.6 Å². The number of nitrogens with zero attached hydrogens (tertiary/aromatic N) is 1. The summed E-state index contributed by atoms with van der Waals surface area (Å²) in [5, 5.41) is 6.60. The van der Waals surface area contributed by atoms with Crippen LogP contribution in [0.25, 0.3) is 6.08 Å². The normalized spacial score (nSPS) is 14.2. The molecule has 0 atom stereocenters. The molecule has 1 fully saturated rings. The number of carbonyl (C=O) groups excluding carboxylic acids is 1. The predicted molar refractivity (Wildman–Crippen MR) is 135 cm³/mol. The van der Waals surface area contributed by atoms with Crippen molar-refractivity contribution in [1.29, 1.82) is 0 Å². The molecular weight excluding hydrogens is 474 g/mol. The van der Waals surface area contributed by atoms with Crippen LogP contribution in [0.2, 0.25) is 0 Å². The largest absolute Gasteiger partial charge is 0.495 e. The number of ether oxygens (including phenoxy) is 2. The molecule has 8 nitrogen and oxygen atoms in total. The van der Waals surface area contributed by atoms with Crippen LogP contribution in [-0.4, -0.2) is 47.7 Å². The Morgan fingerprint density at radius 2 is 1.94 bits per heavy atom. The van der Waals surface area contributed by atoms with Gasteiger partial charge in [-0.2, -0.15) is 11.3 Å². The van der Waals surface area contributed by atoms with Crippen LogP contribution in [0.5, 0.6) is 5.75 Å². The molecule has 0 radical (unpaired) electrons. The van der Waals surface area contributed by atoms with Crippen LogP contribution < -0.4 is 19.7 Å². The van der Waals surface area contributed by atoms with E-state index in [1.165, 1.54) is 30.6 Å². The molecule has 0 spiro atoms. The Kier molecular flexibility index (Phi) is 7.51. The zero-order chi connectivity index (χ0) is 24.0. The third-order valence-corrected chi connectivity index (χ3v) is 7.29. The fraction of sp³-hybridized carbons (Fsp3) is 0.208. The average Bonchev–Trinajstić information content (AvgIpc) is 3.37. The lowest BCUT2D eigenvalue weighted by atomic mass is 10.2. The van der Waals surface area contributed by atoms with Crippen LogP contribution in [0.15, 0.2) is 70.3 Å². The van der Waals surface area contributed by atoms with Gasteiger partial charge in [-0.1, -0.05) is 12.1 Å². The van der Waals surface area contributed by atoms with E-state index in [-0.39, 0.29) is 10.8 Å². The fourth-order valence-corrected chi connectivity index (χ4v) is 5.48. The first kappa shape index (κ1) is 23.8. The summed E-state index contributed by atoms with van der Waals surface area (Å²) in [5.74, 6) is 0.0494. The van der Waals surface area contributed by atoms with Gasteiger partial charge in [0.2, 0.25) is 5.91 Å². The standard InChI is InChI=1S/C24H25N3O5S2/c1-31-22-5-3-2-4-20(22)26-34(29,30)23-16-19(7-8-21(23)27-11-13-32-14-12-27)25-24(28)9-6-18-10-15-33-17-18/h2-10,15-17,26H,11-14H2,1H3,(H,25,28)/b9-6+. The number of hydrogen-bond acceptors (Lipinski definition) is 7. The Hall–Kier alpha value is -3.34. The number of hydrogen-bond donors (Lipinski definition) is 2. The molecule has 1 saturated heterocycles. The molecule has 1 aromatic heterocycles. The topological polar surface area (TPSA) is 97.0 Å². The molecule has 1 aliphatic rings. The highest BCUT2D eigenvalue weighted by Gasteiger charge is 2.25. The highest BCUT2D eigenvalue weighted by atomic mass is 32.2. The number of amides is 1. The third-order valence-electron chi connectivity index (χ3n) is 5.19. The molecule has 2 aromatic carbocycles. The quantitative estimate of drug-likeness (QED) is 0.454. The molecule has 1 aliphatic heterocycles. The van der Waals surface area contributed by atoms with Gasteiger partial charge in [-0.25, -0.2) is 8.42 Å². The number of methoxy groups -OCH3 is 1. The molecular formula is C24H25N3O5S2. The number of anilines is 3. The maximum Gasteiger partial charge on any atom is 0.264 e. The van der Waals surface area contributed by atoms with E-state index in [1.54, 1.807) is 42.5 Å². The van der Waals surface area contributed by atoms with Crippen molar-refractivity contribution in [3.8, 4) is 5.75 Å². The molecule has 10 heteroatoms. The van der Waals surface area contributed by atoms with Gasteiger partial charge in [-0.15, -0.1) is 0 Å². The van der Waals surface area contributed by atoms with Crippen LogP contribution in [0, 0.1) is 0 Å². The molecule has 2 N–H and O–H groups in total. The lowest BCUT2D eigenvalue weighted by Crippen LogP contribution is -2.37. The van der Waals surface area contributed by atoms with Crippen LogP contribution in [0.1, 0.15) is 5.56 Å². The van der Waals surface area contributed by atoms with Crippen molar-refractivity contribution in [2.45, 2.75) is 4.90 Å². The molecule has 2 heterocycles. The number of thiophene rings is 1. The van der Waals surface area contributed by atoms with Crippen LogP contribution in [0.4, 0.5) is 17.1 Å². The first-order valence-corrected chi connectivity index (χ1v) is 13.0. The van der Waals surface area contributed by atoms with Crippen molar-refractivity contribution in [2.24, 2.45) is 0 Å². The van der Waals surface area contributed by atoms with Gasteiger partial charge in [0, 0.05) is 24.9 Å². The second-order valence-electron chi connectivity index (χ2n) is 7.47.